The molecule has 1 unspecified atom stereocenters. The Hall–Kier alpha value is -1.88. The van der Waals surface area contributed by atoms with Gasteiger partial charge >= 0.3 is 0 Å². The number of nitrogens with zero attached hydrogens (tertiary/aromatic N) is 2. The third-order valence-corrected chi connectivity index (χ3v) is 3.73. The van der Waals surface area contributed by atoms with Crippen LogP contribution < -0.4 is 5.32 Å². The summed E-state index contributed by atoms with van der Waals surface area (Å²) in [5.41, 5.74) is 2.43. The van der Waals surface area contributed by atoms with E-state index in [4.69, 9.17) is 9.26 Å². The van der Waals surface area contributed by atoms with Gasteiger partial charge in [0.2, 0.25) is 11.7 Å². The number of hydrogen-bond donors (Lipinski definition) is 1. The van der Waals surface area contributed by atoms with Crippen LogP contribution in [0.25, 0.3) is 0 Å². The highest BCUT2D eigenvalue weighted by Gasteiger charge is 2.29. The summed E-state index contributed by atoms with van der Waals surface area (Å²) in [4.78, 5) is 4.55. The quantitative estimate of drug-likeness (QED) is 0.911. The minimum atomic E-state index is -0.115. The molecule has 1 N–H and O–H groups in total. The van der Waals surface area contributed by atoms with E-state index in [1.165, 1.54) is 5.56 Å². The third kappa shape index (κ3) is 2.78. The minimum Gasteiger partial charge on any atom is -0.373 e. The summed E-state index contributed by atoms with van der Waals surface area (Å²) in [6.07, 6.45) is 0.759. The molecule has 5 heteroatoms. The van der Waals surface area contributed by atoms with Crippen molar-refractivity contribution < 1.29 is 9.26 Å². The summed E-state index contributed by atoms with van der Waals surface area (Å²) >= 11 is 0. The van der Waals surface area contributed by atoms with Crippen LogP contribution in [-0.2, 0) is 11.2 Å². The second-order valence-corrected chi connectivity index (χ2v) is 5.67. The maximum Gasteiger partial charge on any atom is 0.249 e. The van der Waals surface area contributed by atoms with E-state index in [0.29, 0.717) is 24.2 Å². The van der Waals surface area contributed by atoms with Crippen LogP contribution in [0.1, 0.15) is 50.2 Å². The Morgan fingerprint density at radius 2 is 2.19 bits per heavy atom. The number of nitrogens with one attached hydrogen (secondary N) is 1. The molecular weight excluding hydrogens is 266 g/mol. The number of rotatable bonds is 5. The molecule has 21 heavy (non-hydrogen) atoms. The van der Waals surface area contributed by atoms with E-state index in [0.717, 1.165) is 12.1 Å². The fourth-order valence-electron chi connectivity index (χ4n) is 2.70. The average molecular weight is 287 g/mol. The topological polar surface area (TPSA) is 60.2 Å². The molecular formula is C16H21N3O2. The van der Waals surface area contributed by atoms with Gasteiger partial charge in [0.15, 0.2) is 0 Å². The molecule has 1 aliphatic heterocycles. The minimum absolute atomic E-state index is 0.0538. The van der Waals surface area contributed by atoms with E-state index in [2.05, 4.69) is 41.4 Å². The Balaban J connectivity index is 1.77. The molecule has 2 atom stereocenters. The predicted molar refractivity (Wildman–Crippen MR) is 80.0 cm³/mol. The lowest BCUT2D eigenvalue weighted by Gasteiger charge is -2.16. The van der Waals surface area contributed by atoms with E-state index in [1.54, 1.807) is 0 Å². The molecule has 0 fully saturated rings. The molecule has 2 heterocycles. The third-order valence-electron chi connectivity index (χ3n) is 3.73. The summed E-state index contributed by atoms with van der Waals surface area (Å²) in [6, 6.07) is 8.32. The smallest absolute Gasteiger partial charge is 0.249 e. The number of para-hydroxylation sites is 1. The van der Waals surface area contributed by atoms with Gasteiger partial charge in [-0.15, -0.1) is 0 Å². The Bertz CT molecular complexity index is 584. The Morgan fingerprint density at radius 1 is 1.38 bits per heavy atom. The van der Waals surface area contributed by atoms with Crippen molar-refractivity contribution in [2.75, 3.05) is 11.9 Å². The molecule has 1 aromatic carbocycles. The maximum atomic E-state index is 5.72. The van der Waals surface area contributed by atoms with Crippen LogP contribution in [0.5, 0.6) is 0 Å². The summed E-state index contributed by atoms with van der Waals surface area (Å²) in [6.45, 7) is 6.81. The van der Waals surface area contributed by atoms with Gasteiger partial charge in [0.05, 0.1) is 0 Å². The number of aromatic nitrogens is 2. The molecule has 1 aliphatic rings. The van der Waals surface area contributed by atoms with Gasteiger partial charge in [0.1, 0.15) is 12.1 Å². The van der Waals surface area contributed by atoms with Crippen molar-refractivity contribution in [1.29, 1.82) is 0 Å². The lowest BCUT2D eigenvalue weighted by atomic mass is 10.1. The highest BCUT2D eigenvalue weighted by Crippen LogP contribution is 2.34. The number of ether oxygens (including phenoxy) is 1. The first-order chi connectivity index (χ1) is 10.2. The molecule has 3 rings (SSSR count). The van der Waals surface area contributed by atoms with E-state index in [1.807, 2.05) is 19.1 Å². The lowest BCUT2D eigenvalue weighted by molar-refractivity contribution is 0.0217. The fraction of sp³-hybridized carbons (Fsp3) is 0.500. The number of fused-ring (bicyclic) bond motifs is 1. The Kier molecular flexibility index (Phi) is 3.92. The molecule has 0 saturated carbocycles. The predicted octanol–water partition coefficient (Wildman–Crippen LogP) is 3.51. The van der Waals surface area contributed by atoms with Crippen LogP contribution in [0.2, 0.25) is 0 Å². The van der Waals surface area contributed by atoms with Crippen LogP contribution in [-0.4, -0.2) is 16.7 Å². The van der Waals surface area contributed by atoms with Gasteiger partial charge in [0.25, 0.3) is 0 Å². The molecule has 0 radical (unpaired) electrons. The van der Waals surface area contributed by atoms with Crippen molar-refractivity contribution in [3.63, 3.8) is 0 Å². The van der Waals surface area contributed by atoms with Crippen molar-refractivity contribution in [1.82, 2.24) is 10.1 Å². The fourth-order valence-corrected chi connectivity index (χ4v) is 2.70. The Morgan fingerprint density at radius 3 is 2.90 bits per heavy atom. The number of hydrogen-bond acceptors (Lipinski definition) is 5. The number of benzene rings is 1. The second kappa shape index (κ2) is 5.85. The van der Waals surface area contributed by atoms with Crippen molar-refractivity contribution in [3.8, 4) is 0 Å². The normalized spacial score (nSPS) is 18.6. The summed E-state index contributed by atoms with van der Waals surface area (Å²) < 4.78 is 11.2. The number of anilines is 1. The van der Waals surface area contributed by atoms with Crippen molar-refractivity contribution in [2.45, 2.75) is 39.3 Å². The molecule has 0 spiro atoms. The van der Waals surface area contributed by atoms with Crippen LogP contribution in [0, 0.1) is 5.92 Å². The average Bonchev–Trinajstić information content (AvgIpc) is 3.10. The molecule has 0 bridgehead atoms. The lowest BCUT2D eigenvalue weighted by Crippen LogP contribution is -2.13. The molecule has 1 aromatic heterocycles. The van der Waals surface area contributed by atoms with E-state index < -0.39 is 0 Å². The van der Waals surface area contributed by atoms with Crippen LogP contribution in [0.4, 0.5) is 5.69 Å². The summed E-state index contributed by atoms with van der Waals surface area (Å²) in [7, 11) is 0. The van der Waals surface area contributed by atoms with E-state index in [9.17, 15) is 0 Å². The SMILES string of the molecule is CCOC(c1noc([C@@H]2Cc3ccccc3N2)n1)C(C)C. The molecule has 0 aliphatic carbocycles. The van der Waals surface area contributed by atoms with Gasteiger partial charge in [-0.25, -0.2) is 0 Å². The zero-order chi connectivity index (χ0) is 14.8. The first-order valence-corrected chi connectivity index (χ1v) is 7.48. The maximum absolute atomic E-state index is 5.72. The summed E-state index contributed by atoms with van der Waals surface area (Å²) in [5.74, 6) is 1.58. The highest BCUT2D eigenvalue weighted by atomic mass is 16.5. The van der Waals surface area contributed by atoms with Crippen LogP contribution >= 0.6 is 0 Å². The molecule has 2 aromatic rings. The first kappa shape index (κ1) is 14.1. The van der Waals surface area contributed by atoms with Gasteiger partial charge in [-0.1, -0.05) is 37.2 Å². The van der Waals surface area contributed by atoms with Gasteiger partial charge in [-0.2, -0.15) is 4.98 Å². The van der Waals surface area contributed by atoms with E-state index >= 15 is 0 Å². The first-order valence-electron chi connectivity index (χ1n) is 7.48. The van der Waals surface area contributed by atoms with Crippen molar-refractivity contribution >= 4 is 5.69 Å². The highest BCUT2D eigenvalue weighted by molar-refractivity contribution is 5.56. The largest absolute Gasteiger partial charge is 0.373 e. The molecule has 5 nitrogen and oxygen atoms in total. The monoisotopic (exact) mass is 287 g/mol. The molecule has 0 saturated heterocycles. The molecule has 0 amide bonds. The van der Waals surface area contributed by atoms with Gasteiger partial charge in [-0.05, 0) is 24.5 Å². The van der Waals surface area contributed by atoms with Gasteiger partial charge in [0, 0.05) is 18.7 Å². The standard InChI is InChI=1S/C16H21N3O2/c1-4-20-14(10(2)3)15-18-16(21-19-15)13-9-11-7-5-6-8-12(11)17-13/h5-8,10,13-14,17H,4,9H2,1-3H3/t13-,14?/m0/s1. The van der Waals surface area contributed by atoms with Gasteiger partial charge < -0.3 is 14.6 Å². The van der Waals surface area contributed by atoms with Crippen molar-refractivity contribution in [2.24, 2.45) is 5.92 Å². The van der Waals surface area contributed by atoms with Crippen LogP contribution in [0.3, 0.4) is 0 Å². The zero-order valence-corrected chi connectivity index (χ0v) is 12.7. The Labute approximate surface area is 124 Å². The zero-order valence-electron chi connectivity index (χ0n) is 12.7. The molecule has 112 valence electrons. The van der Waals surface area contributed by atoms with Crippen LogP contribution in [0.15, 0.2) is 28.8 Å². The second-order valence-electron chi connectivity index (χ2n) is 5.67. The van der Waals surface area contributed by atoms with Gasteiger partial charge in [-0.3, -0.25) is 0 Å². The summed E-state index contributed by atoms with van der Waals surface area (Å²) in [5, 5.41) is 7.54. The van der Waals surface area contributed by atoms with Crippen molar-refractivity contribution in [3.05, 3.63) is 41.5 Å². The van der Waals surface area contributed by atoms with E-state index in [-0.39, 0.29) is 12.1 Å².